The topological polar surface area (TPSA) is 9.86 Å². The van der Waals surface area contributed by atoms with E-state index in [9.17, 15) is 0 Å². The summed E-state index contributed by atoms with van der Waals surface area (Å²) in [5, 5.41) is 0.312. The van der Waals surface area contributed by atoms with Gasteiger partial charge in [0, 0.05) is 5.16 Å². The van der Waals surface area contributed by atoms with E-state index in [0.29, 0.717) is 5.16 Å². The molecule has 0 spiro atoms. The molecule has 1 heterocycles. The van der Waals surface area contributed by atoms with E-state index in [2.05, 4.69) is 83.3 Å². The molecule has 0 fully saturated rings. The molecule has 0 amide bonds. The zero-order valence-corrected chi connectivity index (χ0v) is 15.4. The highest BCUT2D eigenvalue weighted by atomic mass is 31.1. The molecule has 2 aromatic rings. The van der Waals surface area contributed by atoms with Gasteiger partial charge in [-0.25, -0.2) is 8.89 Å². The molecular formula is C17H29N2P. The van der Waals surface area contributed by atoms with E-state index in [1.165, 1.54) is 22.4 Å². The molecule has 0 aliphatic rings. The molecule has 0 N–H and O–H groups in total. The van der Waals surface area contributed by atoms with Gasteiger partial charge in [-0.1, -0.05) is 17.7 Å². The van der Waals surface area contributed by atoms with Gasteiger partial charge in [-0.2, -0.15) is 0 Å². The zero-order valence-electron chi connectivity index (χ0n) is 14.5. The summed E-state index contributed by atoms with van der Waals surface area (Å²) in [5.41, 5.74) is 5.75. The molecule has 2 nitrogen and oxygen atoms in total. The number of hydrogen-bond acceptors (Lipinski definition) is 0. The highest BCUT2D eigenvalue weighted by molar-refractivity contribution is 7.47. The fraction of sp³-hybridized carbons (Fsp3) is 0.647. The lowest BCUT2D eigenvalue weighted by atomic mass is 10.1. The van der Waals surface area contributed by atoms with Crippen molar-refractivity contribution in [3.63, 3.8) is 0 Å². The van der Waals surface area contributed by atoms with Crippen molar-refractivity contribution in [1.82, 2.24) is 8.89 Å². The second kappa shape index (κ2) is 4.56. The number of benzene rings is 1. The van der Waals surface area contributed by atoms with E-state index >= 15 is 0 Å². The fourth-order valence-electron chi connectivity index (χ4n) is 2.94. The number of hydrogen-bond donors (Lipinski definition) is 0. The van der Waals surface area contributed by atoms with Gasteiger partial charge < -0.3 is 0 Å². The third-order valence-electron chi connectivity index (χ3n) is 3.54. The summed E-state index contributed by atoms with van der Waals surface area (Å²) in [4.78, 5) is 0. The number of rotatable bonds is 1. The van der Waals surface area contributed by atoms with Crippen LogP contribution in [0.1, 0.15) is 58.2 Å². The molecule has 20 heavy (non-hydrogen) atoms. The third-order valence-corrected chi connectivity index (χ3v) is 6.46. The highest BCUT2D eigenvalue weighted by Crippen LogP contribution is 2.56. The molecule has 0 saturated heterocycles. The minimum atomic E-state index is -0.258. The van der Waals surface area contributed by atoms with Crippen LogP contribution in [0.2, 0.25) is 0 Å². The monoisotopic (exact) mass is 292 g/mol. The molecule has 0 aliphatic heterocycles. The highest BCUT2D eigenvalue weighted by Gasteiger charge is 2.38. The Morgan fingerprint density at radius 3 is 1.60 bits per heavy atom. The standard InChI is InChI=1S/C17H29N2P/c1-12-10-13(2)15(14(3)11-12)18-19(16(4,5)6)20(18)17(7,8)9/h10-11H,1-9H3. The van der Waals surface area contributed by atoms with E-state index in [4.69, 9.17) is 0 Å². The Hall–Kier alpha value is -0.880. The second-order valence-corrected chi connectivity index (χ2v) is 10.6. The Labute approximate surface area is 124 Å². The molecule has 0 saturated carbocycles. The maximum Gasteiger partial charge on any atom is 0.0743 e. The molecule has 0 aliphatic carbocycles. The first kappa shape index (κ1) is 15.5. The van der Waals surface area contributed by atoms with E-state index in [1.54, 1.807) is 0 Å². The van der Waals surface area contributed by atoms with Gasteiger partial charge in [0.2, 0.25) is 0 Å². The minimum Gasteiger partial charge on any atom is -0.245 e. The van der Waals surface area contributed by atoms with Crippen LogP contribution in [-0.4, -0.2) is 8.89 Å². The largest absolute Gasteiger partial charge is 0.245 e. The first-order valence-corrected chi connectivity index (χ1v) is 8.67. The fourth-order valence-corrected chi connectivity index (χ4v) is 5.88. The van der Waals surface area contributed by atoms with Gasteiger partial charge >= 0.3 is 0 Å². The van der Waals surface area contributed by atoms with Crippen molar-refractivity contribution in [1.29, 1.82) is 0 Å². The smallest absolute Gasteiger partial charge is 0.0743 e. The number of nitrogens with zero attached hydrogens (tertiary/aromatic N) is 2. The summed E-state index contributed by atoms with van der Waals surface area (Å²) in [6.07, 6.45) is 0. The lowest BCUT2D eigenvalue weighted by molar-refractivity contribution is 0.398. The van der Waals surface area contributed by atoms with Crippen LogP contribution in [0.25, 0.3) is 5.69 Å². The molecule has 3 heteroatoms. The predicted octanol–water partition coefficient (Wildman–Crippen LogP) is 5.70. The molecule has 0 bridgehead atoms. The SMILES string of the molecule is Cc1cc(C)c(-n2n(C(C)(C)C)p2C(C)(C)C)c(C)c1. The van der Waals surface area contributed by atoms with Crippen LogP contribution < -0.4 is 0 Å². The average Bonchev–Trinajstić information content (AvgIpc) is 2.89. The van der Waals surface area contributed by atoms with Gasteiger partial charge in [-0.05, 0) is 73.4 Å². The summed E-state index contributed by atoms with van der Waals surface area (Å²) in [7, 11) is -0.258. The molecule has 1 unspecified atom stereocenters. The summed E-state index contributed by atoms with van der Waals surface area (Å²) >= 11 is 0. The summed E-state index contributed by atoms with van der Waals surface area (Å²) < 4.78 is 5.16. The molecule has 1 aromatic carbocycles. The Morgan fingerprint density at radius 1 is 0.850 bits per heavy atom. The summed E-state index contributed by atoms with van der Waals surface area (Å²) in [5.74, 6) is 0. The molecule has 0 radical (unpaired) electrons. The minimum absolute atomic E-state index is 0.183. The van der Waals surface area contributed by atoms with Crippen LogP contribution in [0.4, 0.5) is 0 Å². The zero-order chi connectivity index (χ0) is 15.5. The van der Waals surface area contributed by atoms with Crippen molar-refractivity contribution in [3.8, 4) is 5.69 Å². The Morgan fingerprint density at radius 2 is 1.30 bits per heavy atom. The van der Waals surface area contributed by atoms with Gasteiger partial charge in [-0.15, -0.1) is 0 Å². The van der Waals surface area contributed by atoms with Crippen LogP contribution in [0.15, 0.2) is 12.1 Å². The van der Waals surface area contributed by atoms with Crippen LogP contribution in [0.5, 0.6) is 0 Å². The molecule has 1 atom stereocenters. The quantitative estimate of drug-likeness (QED) is 0.638. The van der Waals surface area contributed by atoms with E-state index in [0.717, 1.165) is 0 Å². The van der Waals surface area contributed by atoms with Gasteiger partial charge in [-0.3, -0.25) is 0 Å². The van der Waals surface area contributed by atoms with Crippen molar-refractivity contribution >= 4 is 7.85 Å². The molecule has 2 rings (SSSR count). The van der Waals surface area contributed by atoms with Crippen molar-refractivity contribution in [2.45, 2.75) is 73.0 Å². The predicted molar refractivity (Wildman–Crippen MR) is 90.7 cm³/mol. The second-order valence-electron chi connectivity index (χ2n) is 7.96. The van der Waals surface area contributed by atoms with Crippen molar-refractivity contribution in [3.05, 3.63) is 28.8 Å². The first-order chi connectivity index (χ1) is 8.94. The van der Waals surface area contributed by atoms with Crippen molar-refractivity contribution in [2.75, 3.05) is 0 Å². The van der Waals surface area contributed by atoms with Crippen molar-refractivity contribution in [2.24, 2.45) is 0 Å². The lowest BCUT2D eigenvalue weighted by Gasteiger charge is -2.17. The number of aromatic nitrogens is 2. The summed E-state index contributed by atoms with van der Waals surface area (Å²) in [6, 6.07) is 4.61. The van der Waals surface area contributed by atoms with Gasteiger partial charge in [0.1, 0.15) is 0 Å². The Bertz CT molecular complexity index is 575. The maximum absolute atomic E-state index is 2.59. The molecule has 1 aromatic heterocycles. The first-order valence-electron chi connectivity index (χ1n) is 7.43. The van der Waals surface area contributed by atoms with Crippen LogP contribution in [-0.2, 0) is 10.7 Å². The molecular weight excluding hydrogens is 263 g/mol. The van der Waals surface area contributed by atoms with Gasteiger partial charge in [0.25, 0.3) is 0 Å². The van der Waals surface area contributed by atoms with Crippen molar-refractivity contribution < 1.29 is 0 Å². The van der Waals surface area contributed by atoms with Crippen LogP contribution in [0.3, 0.4) is 0 Å². The molecule has 112 valence electrons. The normalized spacial score (nSPS) is 14.2. The Kier molecular flexibility index (Phi) is 3.54. The number of aryl methyl sites for hydroxylation is 3. The average molecular weight is 292 g/mol. The van der Waals surface area contributed by atoms with Crippen LogP contribution >= 0.6 is 7.85 Å². The van der Waals surface area contributed by atoms with Crippen LogP contribution in [0, 0.1) is 20.8 Å². The Balaban J connectivity index is 2.66. The third kappa shape index (κ3) is 2.63. The van der Waals surface area contributed by atoms with E-state index < -0.39 is 0 Å². The van der Waals surface area contributed by atoms with Gasteiger partial charge in [0.15, 0.2) is 0 Å². The summed E-state index contributed by atoms with van der Waals surface area (Å²) in [6.45, 7) is 20.7. The van der Waals surface area contributed by atoms with Gasteiger partial charge in [0.05, 0.1) is 19.1 Å². The maximum atomic E-state index is 2.59. The lowest BCUT2D eigenvalue weighted by Crippen LogP contribution is -2.18. The van der Waals surface area contributed by atoms with E-state index in [-0.39, 0.29) is 13.4 Å². The van der Waals surface area contributed by atoms with E-state index in [1.807, 2.05) is 0 Å².